The van der Waals surface area contributed by atoms with Gasteiger partial charge in [0.25, 0.3) is 0 Å². The molecule has 0 atom stereocenters. The minimum absolute atomic E-state index is 0.0448. The number of carbonyl (C=O) groups excluding carboxylic acids is 1. The molecule has 0 unspecified atom stereocenters. The number of hydrogen-bond donors (Lipinski definition) is 1. The first-order valence-corrected chi connectivity index (χ1v) is 10.7. The second-order valence-corrected chi connectivity index (χ2v) is 9.20. The molecule has 1 N–H and O–H groups in total. The SMILES string of the molecule is CC(C)(C)OC(=O)N1CCC(Cc2cc(-c3cnc4ccc(O)c(Cl)c4n3)on2)CC1. The van der Waals surface area contributed by atoms with E-state index in [4.69, 9.17) is 20.9 Å². The van der Waals surface area contributed by atoms with Crippen molar-refractivity contribution < 1.29 is 19.2 Å². The summed E-state index contributed by atoms with van der Waals surface area (Å²) in [4.78, 5) is 22.8. The number of fused-ring (bicyclic) bond motifs is 1. The van der Waals surface area contributed by atoms with Crippen LogP contribution in [0.3, 0.4) is 0 Å². The number of piperidine rings is 1. The second-order valence-electron chi connectivity index (χ2n) is 8.82. The molecular weight excluding hydrogens is 420 g/mol. The standard InChI is InChI=1S/C22H25ClN4O4/c1-22(2,3)30-21(29)27-8-6-13(7-9-27)10-14-11-18(31-26-14)16-12-24-15-4-5-17(28)19(23)20(15)25-16/h4-5,11-13,28H,6-10H2,1-3H3. The molecule has 1 amide bonds. The van der Waals surface area contributed by atoms with Crippen LogP contribution in [0, 0.1) is 5.92 Å². The summed E-state index contributed by atoms with van der Waals surface area (Å²) in [6.45, 7) is 6.95. The molecule has 0 radical (unpaired) electrons. The summed E-state index contributed by atoms with van der Waals surface area (Å²) < 4.78 is 10.9. The highest BCUT2D eigenvalue weighted by molar-refractivity contribution is 6.36. The minimum Gasteiger partial charge on any atom is -0.506 e. The van der Waals surface area contributed by atoms with Gasteiger partial charge in [-0.3, -0.25) is 4.98 Å². The first kappa shape index (κ1) is 21.4. The fourth-order valence-electron chi connectivity index (χ4n) is 3.62. The van der Waals surface area contributed by atoms with E-state index < -0.39 is 5.60 Å². The monoisotopic (exact) mass is 444 g/mol. The van der Waals surface area contributed by atoms with Crippen LogP contribution in [0.15, 0.2) is 28.9 Å². The zero-order chi connectivity index (χ0) is 22.2. The lowest BCUT2D eigenvalue weighted by molar-refractivity contribution is 0.0184. The summed E-state index contributed by atoms with van der Waals surface area (Å²) in [5.74, 6) is 0.859. The van der Waals surface area contributed by atoms with Crippen LogP contribution in [-0.2, 0) is 11.2 Å². The van der Waals surface area contributed by atoms with Crippen molar-refractivity contribution in [2.24, 2.45) is 5.92 Å². The molecule has 2 aromatic heterocycles. The quantitative estimate of drug-likeness (QED) is 0.617. The zero-order valence-corrected chi connectivity index (χ0v) is 18.5. The highest BCUT2D eigenvalue weighted by Crippen LogP contribution is 2.31. The maximum Gasteiger partial charge on any atom is 0.410 e. The molecular formula is C22H25ClN4O4. The van der Waals surface area contributed by atoms with Gasteiger partial charge in [0.05, 0.1) is 17.4 Å². The molecule has 0 aliphatic carbocycles. The number of phenols is 1. The van der Waals surface area contributed by atoms with Crippen molar-refractivity contribution in [3.8, 4) is 17.2 Å². The van der Waals surface area contributed by atoms with Gasteiger partial charge < -0.3 is 19.3 Å². The predicted octanol–water partition coefficient (Wildman–Crippen LogP) is 4.83. The van der Waals surface area contributed by atoms with Gasteiger partial charge in [-0.15, -0.1) is 0 Å². The van der Waals surface area contributed by atoms with Crippen LogP contribution in [0.4, 0.5) is 4.79 Å². The molecule has 0 saturated carbocycles. The van der Waals surface area contributed by atoms with Crippen LogP contribution < -0.4 is 0 Å². The van der Waals surface area contributed by atoms with Gasteiger partial charge in [-0.05, 0) is 58.1 Å². The van der Waals surface area contributed by atoms with Crippen molar-refractivity contribution >= 4 is 28.7 Å². The fourth-order valence-corrected chi connectivity index (χ4v) is 3.83. The molecule has 1 saturated heterocycles. The number of halogens is 1. The lowest BCUT2D eigenvalue weighted by Crippen LogP contribution is -2.42. The van der Waals surface area contributed by atoms with Crippen LogP contribution in [0.25, 0.3) is 22.5 Å². The molecule has 1 aromatic carbocycles. The van der Waals surface area contributed by atoms with Crippen molar-refractivity contribution in [2.75, 3.05) is 13.1 Å². The predicted molar refractivity (Wildman–Crippen MR) is 116 cm³/mol. The highest BCUT2D eigenvalue weighted by Gasteiger charge is 2.27. The first-order chi connectivity index (χ1) is 14.7. The molecule has 0 spiro atoms. The third-order valence-corrected chi connectivity index (χ3v) is 5.58. The third kappa shape index (κ3) is 4.90. The molecule has 8 nitrogen and oxygen atoms in total. The van der Waals surface area contributed by atoms with Gasteiger partial charge >= 0.3 is 6.09 Å². The van der Waals surface area contributed by atoms with Crippen LogP contribution in [0.1, 0.15) is 39.3 Å². The number of carbonyl (C=O) groups is 1. The zero-order valence-electron chi connectivity index (χ0n) is 17.8. The van der Waals surface area contributed by atoms with E-state index in [1.165, 1.54) is 6.07 Å². The number of likely N-dealkylation sites (tertiary alicyclic amines) is 1. The molecule has 3 heterocycles. The van der Waals surface area contributed by atoms with E-state index >= 15 is 0 Å². The summed E-state index contributed by atoms with van der Waals surface area (Å²) in [5.41, 5.74) is 1.84. The van der Waals surface area contributed by atoms with E-state index in [9.17, 15) is 9.90 Å². The topological polar surface area (TPSA) is 102 Å². The molecule has 0 bridgehead atoms. The van der Waals surface area contributed by atoms with Crippen LogP contribution in [0.2, 0.25) is 5.02 Å². The van der Waals surface area contributed by atoms with Crippen molar-refractivity contribution in [1.29, 1.82) is 0 Å². The van der Waals surface area contributed by atoms with E-state index in [2.05, 4.69) is 15.1 Å². The normalized spacial score (nSPS) is 15.4. The summed E-state index contributed by atoms with van der Waals surface area (Å²) in [6, 6.07) is 5.00. The van der Waals surface area contributed by atoms with Crippen LogP contribution in [-0.4, -0.2) is 49.9 Å². The Bertz CT molecular complexity index is 1100. The number of phenolic OH excluding ortho intramolecular Hbond substituents is 1. The molecule has 1 fully saturated rings. The second kappa shape index (κ2) is 8.34. The number of benzene rings is 1. The van der Waals surface area contributed by atoms with Crippen LogP contribution in [0.5, 0.6) is 5.75 Å². The van der Waals surface area contributed by atoms with Crippen molar-refractivity contribution in [2.45, 2.75) is 45.6 Å². The largest absolute Gasteiger partial charge is 0.506 e. The van der Waals surface area contributed by atoms with E-state index in [-0.39, 0.29) is 16.9 Å². The fraction of sp³-hybridized carbons (Fsp3) is 0.455. The van der Waals surface area contributed by atoms with Gasteiger partial charge in [0.2, 0.25) is 0 Å². The van der Waals surface area contributed by atoms with Crippen molar-refractivity contribution in [3.63, 3.8) is 0 Å². The Morgan fingerprint density at radius 1 is 1.32 bits per heavy atom. The van der Waals surface area contributed by atoms with E-state index in [0.29, 0.717) is 41.5 Å². The molecule has 31 heavy (non-hydrogen) atoms. The lowest BCUT2D eigenvalue weighted by atomic mass is 9.92. The average molecular weight is 445 g/mol. The molecule has 164 valence electrons. The summed E-state index contributed by atoms with van der Waals surface area (Å²) in [5, 5.41) is 14.1. The highest BCUT2D eigenvalue weighted by atomic mass is 35.5. The Hall–Kier alpha value is -2.87. The molecule has 4 rings (SSSR count). The number of nitrogens with zero attached hydrogens (tertiary/aromatic N) is 4. The van der Waals surface area contributed by atoms with E-state index in [1.54, 1.807) is 17.2 Å². The third-order valence-electron chi connectivity index (χ3n) is 5.21. The van der Waals surface area contributed by atoms with Crippen LogP contribution >= 0.6 is 11.6 Å². The first-order valence-electron chi connectivity index (χ1n) is 10.3. The van der Waals surface area contributed by atoms with Gasteiger partial charge in [-0.25, -0.2) is 9.78 Å². The molecule has 3 aromatic rings. The number of amides is 1. The number of rotatable bonds is 3. The molecule has 1 aliphatic rings. The van der Waals surface area contributed by atoms with E-state index in [0.717, 1.165) is 25.0 Å². The Labute approximate surface area is 185 Å². The van der Waals surface area contributed by atoms with Gasteiger partial charge in [-0.2, -0.15) is 0 Å². The smallest absolute Gasteiger partial charge is 0.410 e. The van der Waals surface area contributed by atoms with Gasteiger partial charge in [0.15, 0.2) is 5.76 Å². The summed E-state index contributed by atoms with van der Waals surface area (Å²) >= 11 is 6.15. The Morgan fingerprint density at radius 3 is 2.77 bits per heavy atom. The van der Waals surface area contributed by atoms with Gasteiger partial charge in [0, 0.05) is 19.2 Å². The number of ether oxygens (including phenoxy) is 1. The van der Waals surface area contributed by atoms with E-state index in [1.807, 2.05) is 26.8 Å². The maximum absolute atomic E-state index is 12.2. The number of aromatic hydroxyl groups is 1. The molecule has 9 heteroatoms. The summed E-state index contributed by atoms with van der Waals surface area (Å²) in [7, 11) is 0. The Morgan fingerprint density at radius 2 is 2.06 bits per heavy atom. The Balaban J connectivity index is 1.40. The minimum atomic E-state index is -0.486. The van der Waals surface area contributed by atoms with Crippen molar-refractivity contribution in [1.82, 2.24) is 20.0 Å². The maximum atomic E-state index is 12.2. The number of aromatic nitrogens is 3. The Kier molecular flexibility index (Phi) is 5.75. The lowest BCUT2D eigenvalue weighted by Gasteiger charge is -2.33. The summed E-state index contributed by atoms with van der Waals surface area (Å²) in [6.07, 6.45) is 3.86. The van der Waals surface area contributed by atoms with Gasteiger partial charge in [-0.1, -0.05) is 16.8 Å². The number of hydrogen-bond acceptors (Lipinski definition) is 7. The van der Waals surface area contributed by atoms with Gasteiger partial charge in [0.1, 0.15) is 27.6 Å². The average Bonchev–Trinajstić information content (AvgIpc) is 3.18. The van der Waals surface area contributed by atoms with Crippen molar-refractivity contribution in [3.05, 3.63) is 35.1 Å². The molecule has 1 aliphatic heterocycles.